The van der Waals surface area contributed by atoms with E-state index in [0.717, 1.165) is 36.3 Å². The molecule has 1 saturated heterocycles. The van der Waals surface area contributed by atoms with Gasteiger partial charge in [-0.25, -0.2) is 4.98 Å². The van der Waals surface area contributed by atoms with Crippen molar-refractivity contribution in [2.24, 2.45) is 0 Å². The van der Waals surface area contributed by atoms with Crippen LogP contribution in [0, 0.1) is 6.92 Å². The zero-order valence-electron chi connectivity index (χ0n) is 10.7. The molecule has 0 radical (unpaired) electrons. The SMILES string of the molecule is CNc1ncc([C@H]2CCCN2C(C)=O)cc1C. The Morgan fingerprint density at radius 1 is 1.59 bits per heavy atom. The minimum absolute atomic E-state index is 0.155. The minimum atomic E-state index is 0.155. The molecule has 1 atom stereocenters. The first kappa shape index (κ1) is 11.9. The van der Waals surface area contributed by atoms with Crippen molar-refractivity contribution >= 4 is 11.7 Å². The van der Waals surface area contributed by atoms with Gasteiger partial charge in [-0.2, -0.15) is 0 Å². The molecule has 1 aliphatic rings. The Bertz CT molecular complexity index is 431. The van der Waals surface area contributed by atoms with Gasteiger partial charge in [0.25, 0.3) is 0 Å². The van der Waals surface area contributed by atoms with Crippen LogP contribution >= 0.6 is 0 Å². The lowest BCUT2D eigenvalue weighted by Crippen LogP contribution is -2.28. The molecule has 0 bridgehead atoms. The van der Waals surface area contributed by atoms with Gasteiger partial charge in [0, 0.05) is 26.7 Å². The number of nitrogens with zero attached hydrogens (tertiary/aromatic N) is 2. The molecule has 2 rings (SSSR count). The lowest BCUT2D eigenvalue weighted by Gasteiger charge is -2.24. The Kier molecular flexibility index (Phi) is 3.31. The van der Waals surface area contributed by atoms with Crippen molar-refractivity contribution in [1.29, 1.82) is 0 Å². The average molecular weight is 233 g/mol. The molecule has 1 amide bonds. The summed E-state index contributed by atoms with van der Waals surface area (Å²) >= 11 is 0. The maximum absolute atomic E-state index is 11.5. The fraction of sp³-hybridized carbons (Fsp3) is 0.538. The molecule has 17 heavy (non-hydrogen) atoms. The highest BCUT2D eigenvalue weighted by Crippen LogP contribution is 2.32. The Morgan fingerprint density at radius 2 is 2.35 bits per heavy atom. The Morgan fingerprint density at radius 3 is 2.94 bits per heavy atom. The number of nitrogens with one attached hydrogen (secondary N) is 1. The summed E-state index contributed by atoms with van der Waals surface area (Å²) in [5.74, 6) is 1.06. The van der Waals surface area contributed by atoms with E-state index < -0.39 is 0 Å². The number of amides is 1. The molecule has 92 valence electrons. The molecule has 4 nitrogen and oxygen atoms in total. The molecule has 1 fully saturated rings. The Hall–Kier alpha value is -1.58. The number of carbonyl (C=O) groups excluding carboxylic acids is 1. The molecule has 1 aliphatic heterocycles. The van der Waals surface area contributed by atoms with Gasteiger partial charge in [-0.3, -0.25) is 4.79 Å². The zero-order valence-corrected chi connectivity index (χ0v) is 10.7. The van der Waals surface area contributed by atoms with E-state index in [2.05, 4.69) is 16.4 Å². The van der Waals surface area contributed by atoms with Crippen LogP contribution in [0.15, 0.2) is 12.3 Å². The van der Waals surface area contributed by atoms with Crippen LogP contribution in [0.3, 0.4) is 0 Å². The van der Waals surface area contributed by atoms with Crippen LogP contribution in [-0.2, 0) is 4.79 Å². The van der Waals surface area contributed by atoms with Crippen LogP contribution in [-0.4, -0.2) is 29.4 Å². The van der Waals surface area contributed by atoms with Crippen molar-refractivity contribution < 1.29 is 4.79 Å². The molecule has 4 heteroatoms. The predicted octanol–water partition coefficient (Wildman–Crippen LogP) is 2.12. The average Bonchev–Trinajstić information content (AvgIpc) is 2.77. The Balaban J connectivity index is 2.27. The number of hydrogen-bond donors (Lipinski definition) is 1. The third-order valence-corrected chi connectivity index (χ3v) is 3.38. The van der Waals surface area contributed by atoms with E-state index in [9.17, 15) is 4.79 Å². The molecule has 0 unspecified atom stereocenters. The number of pyridine rings is 1. The zero-order chi connectivity index (χ0) is 12.4. The second-order valence-corrected chi connectivity index (χ2v) is 4.55. The summed E-state index contributed by atoms with van der Waals surface area (Å²) in [6, 6.07) is 2.34. The summed E-state index contributed by atoms with van der Waals surface area (Å²) in [4.78, 5) is 17.9. The fourth-order valence-corrected chi connectivity index (χ4v) is 2.53. The molecule has 1 aromatic heterocycles. The van der Waals surface area contributed by atoms with E-state index in [0.29, 0.717) is 0 Å². The topological polar surface area (TPSA) is 45.2 Å². The fourth-order valence-electron chi connectivity index (χ4n) is 2.53. The highest BCUT2D eigenvalue weighted by atomic mass is 16.2. The quantitative estimate of drug-likeness (QED) is 0.851. The summed E-state index contributed by atoms with van der Waals surface area (Å²) in [7, 11) is 1.87. The summed E-state index contributed by atoms with van der Waals surface area (Å²) in [5, 5.41) is 3.06. The lowest BCUT2D eigenvalue weighted by molar-refractivity contribution is -0.129. The number of carbonyl (C=O) groups is 1. The molecular weight excluding hydrogens is 214 g/mol. The summed E-state index contributed by atoms with van der Waals surface area (Å²) in [5.41, 5.74) is 2.27. The smallest absolute Gasteiger partial charge is 0.219 e. The van der Waals surface area contributed by atoms with Crippen molar-refractivity contribution in [3.8, 4) is 0 Å². The van der Waals surface area contributed by atoms with Crippen molar-refractivity contribution in [2.45, 2.75) is 32.7 Å². The number of hydrogen-bond acceptors (Lipinski definition) is 3. The van der Waals surface area contributed by atoms with Crippen LogP contribution in [0.4, 0.5) is 5.82 Å². The molecule has 1 N–H and O–H groups in total. The van der Waals surface area contributed by atoms with E-state index in [1.807, 2.05) is 25.1 Å². The van der Waals surface area contributed by atoms with Gasteiger partial charge in [-0.05, 0) is 37.0 Å². The minimum Gasteiger partial charge on any atom is -0.373 e. The van der Waals surface area contributed by atoms with E-state index in [1.54, 1.807) is 6.92 Å². The van der Waals surface area contributed by atoms with Crippen LogP contribution in [0.2, 0.25) is 0 Å². The van der Waals surface area contributed by atoms with Crippen molar-refractivity contribution in [3.05, 3.63) is 23.4 Å². The van der Waals surface area contributed by atoms with Gasteiger partial charge in [-0.15, -0.1) is 0 Å². The van der Waals surface area contributed by atoms with Crippen molar-refractivity contribution in [1.82, 2.24) is 9.88 Å². The summed E-state index contributed by atoms with van der Waals surface area (Å²) in [6.45, 7) is 4.54. The van der Waals surface area contributed by atoms with Gasteiger partial charge < -0.3 is 10.2 Å². The first-order chi connectivity index (χ1) is 8.13. The second-order valence-electron chi connectivity index (χ2n) is 4.55. The van der Waals surface area contributed by atoms with Gasteiger partial charge in [0.05, 0.1) is 6.04 Å². The number of aryl methyl sites for hydroxylation is 1. The highest BCUT2D eigenvalue weighted by Gasteiger charge is 2.28. The van der Waals surface area contributed by atoms with E-state index in [1.165, 1.54) is 0 Å². The first-order valence-corrected chi connectivity index (χ1v) is 6.05. The predicted molar refractivity (Wildman–Crippen MR) is 67.9 cm³/mol. The van der Waals surface area contributed by atoms with Gasteiger partial charge in [0.2, 0.25) is 5.91 Å². The molecule has 0 aliphatic carbocycles. The summed E-state index contributed by atoms with van der Waals surface area (Å²) < 4.78 is 0. The van der Waals surface area contributed by atoms with E-state index >= 15 is 0 Å². The number of likely N-dealkylation sites (tertiary alicyclic amines) is 1. The van der Waals surface area contributed by atoms with Crippen molar-refractivity contribution in [3.63, 3.8) is 0 Å². The normalized spacial score (nSPS) is 19.5. The molecule has 0 spiro atoms. The van der Waals surface area contributed by atoms with Gasteiger partial charge in [0.15, 0.2) is 0 Å². The molecule has 1 aromatic rings. The largest absolute Gasteiger partial charge is 0.373 e. The number of rotatable bonds is 2. The van der Waals surface area contributed by atoms with Gasteiger partial charge in [0.1, 0.15) is 5.82 Å². The molecule has 0 aromatic carbocycles. The van der Waals surface area contributed by atoms with Crippen LogP contribution in [0.1, 0.15) is 36.9 Å². The lowest BCUT2D eigenvalue weighted by atomic mass is 10.0. The number of anilines is 1. The molecular formula is C13H19N3O. The van der Waals surface area contributed by atoms with Gasteiger partial charge in [-0.1, -0.05) is 0 Å². The second kappa shape index (κ2) is 4.73. The monoisotopic (exact) mass is 233 g/mol. The molecule has 0 saturated carbocycles. The van der Waals surface area contributed by atoms with Crippen LogP contribution in [0.25, 0.3) is 0 Å². The summed E-state index contributed by atoms with van der Waals surface area (Å²) in [6.07, 6.45) is 4.00. The van der Waals surface area contributed by atoms with Crippen LogP contribution in [0.5, 0.6) is 0 Å². The van der Waals surface area contributed by atoms with Crippen molar-refractivity contribution in [2.75, 3.05) is 18.9 Å². The Labute approximate surface area is 102 Å². The van der Waals surface area contributed by atoms with Crippen LogP contribution < -0.4 is 5.32 Å². The number of aromatic nitrogens is 1. The standard InChI is InChI=1S/C13H19N3O/c1-9-7-11(8-15-13(9)14-3)12-5-4-6-16(12)10(2)17/h7-8,12H,4-6H2,1-3H3,(H,14,15)/t12-/m1/s1. The van der Waals surface area contributed by atoms with Gasteiger partial charge >= 0.3 is 0 Å². The first-order valence-electron chi connectivity index (χ1n) is 6.05. The van der Waals surface area contributed by atoms with E-state index in [-0.39, 0.29) is 11.9 Å². The van der Waals surface area contributed by atoms with E-state index in [4.69, 9.17) is 0 Å². The third-order valence-electron chi connectivity index (χ3n) is 3.38. The maximum Gasteiger partial charge on any atom is 0.219 e. The maximum atomic E-state index is 11.5. The molecule has 2 heterocycles. The highest BCUT2D eigenvalue weighted by molar-refractivity contribution is 5.74. The third kappa shape index (κ3) is 2.25.